The molecule has 25 heavy (non-hydrogen) atoms. The first kappa shape index (κ1) is 17.4. The fraction of sp³-hybridized carbons (Fsp3) is 0.111. The highest BCUT2D eigenvalue weighted by Crippen LogP contribution is 2.30. The van der Waals surface area contributed by atoms with Gasteiger partial charge in [-0.05, 0) is 55.5 Å². The number of aryl methyl sites for hydroxylation is 1. The molecule has 0 unspecified atom stereocenters. The van der Waals surface area contributed by atoms with Gasteiger partial charge in [0.05, 0.1) is 5.69 Å². The molecule has 0 radical (unpaired) electrons. The third-order valence-corrected chi connectivity index (χ3v) is 5.41. The lowest BCUT2D eigenvalue weighted by atomic mass is 10.1. The van der Waals surface area contributed by atoms with Crippen LogP contribution in [0.25, 0.3) is 11.3 Å². The summed E-state index contributed by atoms with van der Waals surface area (Å²) in [7, 11) is -1.08. The quantitative estimate of drug-likeness (QED) is 0.743. The van der Waals surface area contributed by atoms with Crippen molar-refractivity contribution in [2.24, 2.45) is 0 Å². The molecule has 0 spiro atoms. The van der Waals surface area contributed by atoms with Crippen LogP contribution >= 0.6 is 11.3 Å². The van der Waals surface area contributed by atoms with E-state index in [9.17, 15) is 13.4 Å². The summed E-state index contributed by atoms with van der Waals surface area (Å²) in [6.45, 7) is 1.90. The average Bonchev–Trinajstić information content (AvgIpc) is 2.96. The van der Waals surface area contributed by atoms with Gasteiger partial charge < -0.3 is 0 Å². The predicted octanol–water partition coefficient (Wildman–Crippen LogP) is 4.25. The molecule has 1 heterocycles. The molecule has 0 aliphatic carbocycles. The summed E-state index contributed by atoms with van der Waals surface area (Å²) in [6, 6.07) is 12.7. The monoisotopic (exact) mass is 374 g/mol. The largest absolute Gasteiger partial charge is 0.298 e. The number of nitrogens with one attached hydrogen (secondary N) is 1. The molecule has 128 valence electrons. The minimum atomic E-state index is -1.08. The second-order valence-electron chi connectivity index (χ2n) is 5.36. The summed E-state index contributed by atoms with van der Waals surface area (Å²) < 4.78 is 24.4. The van der Waals surface area contributed by atoms with Gasteiger partial charge in [-0.3, -0.25) is 14.3 Å². The Morgan fingerprint density at radius 3 is 2.36 bits per heavy atom. The first-order valence-corrected chi connectivity index (χ1v) is 9.79. The minimum Gasteiger partial charge on any atom is -0.298 e. The van der Waals surface area contributed by atoms with Crippen molar-refractivity contribution in [1.82, 2.24) is 4.98 Å². The minimum absolute atomic E-state index is 0.284. The Balaban J connectivity index is 1.79. The second kappa shape index (κ2) is 7.25. The highest BCUT2D eigenvalue weighted by atomic mass is 32.2. The summed E-state index contributed by atoms with van der Waals surface area (Å²) in [5.74, 6) is -0.588. The summed E-state index contributed by atoms with van der Waals surface area (Å²) in [5, 5.41) is 3.24. The highest BCUT2D eigenvalue weighted by Gasteiger charge is 2.13. The van der Waals surface area contributed by atoms with Crippen molar-refractivity contribution in [2.75, 3.05) is 11.6 Å². The molecular weight excluding hydrogens is 359 g/mol. The van der Waals surface area contributed by atoms with Crippen molar-refractivity contribution in [3.8, 4) is 11.3 Å². The van der Waals surface area contributed by atoms with Crippen LogP contribution in [0.2, 0.25) is 0 Å². The van der Waals surface area contributed by atoms with Crippen LogP contribution < -0.4 is 5.32 Å². The number of carbonyl (C=O) groups is 1. The fourth-order valence-corrected chi connectivity index (χ4v) is 3.64. The maximum atomic E-state index is 13.1. The van der Waals surface area contributed by atoms with Gasteiger partial charge in [-0.15, -0.1) is 11.3 Å². The maximum absolute atomic E-state index is 13.1. The van der Waals surface area contributed by atoms with Crippen LogP contribution in [0.3, 0.4) is 0 Å². The van der Waals surface area contributed by atoms with Crippen molar-refractivity contribution in [3.05, 3.63) is 64.8 Å². The molecule has 4 nitrogen and oxygen atoms in total. The van der Waals surface area contributed by atoms with Crippen LogP contribution in [0.5, 0.6) is 0 Å². The van der Waals surface area contributed by atoms with Crippen molar-refractivity contribution >= 4 is 33.2 Å². The van der Waals surface area contributed by atoms with Crippen molar-refractivity contribution in [2.45, 2.75) is 11.8 Å². The third-order valence-electron chi connectivity index (χ3n) is 3.58. The molecule has 0 saturated carbocycles. The predicted molar refractivity (Wildman–Crippen MR) is 99.0 cm³/mol. The molecule has 1 atom stereocenters. The van der Waals surface area contributed by atoms with Gasteiger partial charge in [0.25, 0.3) is 5.91 Å². The number of hydrogen-bond donors (Lipinski definition) is 1. The normalized spacial score (nSPS) is 12.0. The lowest BCUT2D eigenvalue weighted by Gasteiger charge is -2.03. The standard InChI is InChI=1S/C18H15FN2O2S2/c1-11-16(12-3-7-14(19)8-4-12)20-18(24-11)21-17(22)13-5-9-15(10-6-13)25(2)23/h3-10H,1-2H3,(H,20,21,22)/t25-/m0/s1. The zero-order valence-corrected chi connectivity index (χ0v) is 15.2. The first-order chi connectivity index (χ1) is 11.9. The number of halogens is 1. The number of thiazole rings is 1. The van der Waals surface area contributed by atoms with Crippen LogP contribution in [0.15, 0.2) is 53.4 Å². The Kier molecular flexibility index (Phi) is 5.06. The van der Waals surface area contributed by atoms with Crippen LogP contribution in [0.1, 0.15) is 15.2 Å². The van der Waals surface area contributed by atoms with E-state index in [0.717, 1.165) is 16.1 Å². The topological polar surface area (TPSA) is 59.1 Å². The van der Waals surface area contributed by atoms with Crippen LogP contribution in [0.4, 0.5) is 9.52 Å². The summed E-state index contributed by atoms with van der Waals surface area (Å²) in [4.78, 5) is 18.4. The van der Waals surface area contributed by atoms with Crippen LogP contribution in [-0.2, 0) is 10.8 Å². The van der Waals surface area contributed by atoms with Crippen LogP contribution in [0, 0.1) is 12.7 Å². The molecule has 3 rings (SSSR count). The number of hydrogen-bond acceptors (Lipinski definition) is 4. The summed E-state index contributed by atoms with van der Waals surface area (Å²) in [6.07, 6.45) is 1.59. The van der Waals surface area contributed by atoms with Gasteiger partial charge in [-0.1, -0.05) is 0 Å². The van der Waals surface area contributed by atoms with E-state index in [1.165, 1.54) is 23.5 Å². The molecule has 1 aromatic heterocycles. The maximum Gasteiger partial charge on any atom is 0.257 e. The molecular formula is C18H15FN2O2S2. The molecule has 0 aliphatic rings. The Morgan fingerprint density at radius 1 is 1.12 bits per heavy atom. The Hall–Kier alpha value is -2.38. The SMILES string of the molecule is Cc1sc(NC(=O)c2ccc([S@](C)=O)cc2)nc1-c1ccc(F)cc1. The lowest BCUT2D eigenvalue weighted by molar-refractivity contribution is 0.102. The molecule has 7 heteroatoms. The highest BCUT2D eigenvalue weighted by molar-refractivity contribution is 7.84. The summed E-state index contributed by atoms with van der Waals surface area (Å²) in [5.41, 5.74) is 1.98. The lowest BCUT2D eigenvalue weighted by Crippen LogP contribution is -2.11. The van der Waals surface area contributed by atoms with Crippen molar-refractivity contribution in [1.29, 1.82) is 0 Å². The number of anilines is 1. The average molecular weight is 374 g/mol. The van der Waals surface area contributed by atoms with E-state index in [1.807, 2.05) is 6.92 Å². The number of amides is 1. The van der Waals surface area contributed by atoms with E-state index in [-0.39, 0.29) is 11.7 Å². The van der Waals surface area contributed by atoms with Gasteiger partial charge in [-0.25, -0.2) is 9.37 Å². The van der Waals surface area contributed by atoms with Gasteiger partial charge in [0.1, 0.15) is 5.82 Å². The molecule has 0 aliphatic heterocycles. The van der Waals surface area contributed by atoms with Gasteiger partial charge in [0, 0.05) is 38.0 Å². The van der Waals surface area contributed by atoms with E-state index in [4.69, 9.17) is 0 Å². The van der Waals surface area contributed by atoms with E-state index < -0.39 is 10.8 Å². The van der Waals surface area contributed by atoms with Gasteiger partial charge in [0.2, 0.25) is 0 Å². The molecule has 0 fully saturated rings. The smallest absolute Gasteiger partial charge is 0.257 e. The molecule has 0 saturated heterocycles. The third kappa shape index (κ3) is 4.00. The number of nitrogens with zero attached hydrogens (tertiary/aromatic N) is 1. The van der Waals surface area contributed by atoms with Gasteiger partial charge in [0.15, 0.2) is 5.13 Å². The zero-order valence-electron chi connectivity index (χ0n) is 13.6. The Bertz CT molecular complexity index is 935. The van der Waals surface area contributed by atoms with E-state index in [2.05, 4.69) is 10.3 Å². The molecule has 1 amide bonds. The number of carbonyl (C=O) groups excluding carboxylic acids is 1. The van der Waals surface area contributed by atoms with Gasteiger partial charge >= 0.3 is 0 Å². The number of benzene rings is 2. The van der Waals surface area contributed by atoms with Crippen LogP contribution in [-0.4, -0.2) is 21.4 Å². The van der Waals surface area contributed by atoms with E-state index >= 15 is 0 Å². The summed E-state index contributed by atoms with van der Waals surface area (Å²) >= 11 is 1.36. The van der Waals surface area contributed by atoms with E-state index in [0.29, 0.717) is 15.6 Å². The molecule has 0 bridgehead atoms. The molecule has 3 aromatic rings. The molecule has 2 aromatic carbocycles. The van der Waals surface area contributed by atoms with Gasteiger partial charge in [-0.2, -0.15) is 0 Å². The number of aromatic nitrogens is 1. The van der Waals surface area contributed by atoms with Crippen molar-refractivity contribution in [3.63, 3.8) is 0 Å². The fourth-order valence-electron chi connectivity index (χ4n) is 2.29. The first-order valence-electron chi connectivity index (χ1n) is 7.42. The second-order valence-corrected chi connectivity index (χ2v) is 7.95. The zero-order chi connectivity index (χ0) is 18.0. The Morgan fingerprint density at radius 2 is 1.76 bits per heavy atom. The molecule has 1 N–H and O–H groups in total. The van der Waals surface area contributed by atoms with E-state index in [1.54, 1.807) is 42.7 Å². The Labute approximate surface area is 151 Å². The van der Waals surface area contributed by atoms with Crippen molar-refractivity contribution < 1.29 is 13.4 Å². The number of rotatable bonds is 4.